The number of terminal acetylenes is 1. The van der Waals surface area contributed by atoms with E-state index in [0.29, 0.717) is 6.42 Å². The molecule has 0 saturated carbocycles. The second kappa shape index (κ2) is 7.49. The Bertz CT molecular complexity index is 444. The van der Waals surface area contributed by atoms with E-state index in [2.05, 4.69) is 26.9 Å². The highest BCUT2D eigenvalue weighted by Gasteiger charge is 2.23. The number of carbonyl (C=O) groups is 4. The molecule has 0 N–H and O–H groups in total. The fourth-order valence-corrected chi connectivity index (χ4v) is 0.446. The minimum Gasteiger partial charge on any atom is -0.374 e. The van der Waals surface area contributed by atoms with Crippen LogP contribution in [0.25, 0.3) is 0 Å². The first-order valence-electron chi connectivity index (χ1n) is 4.15. The van der Waals surface area contributed by atoms with Gasteiger partial charge in [0.1, 0.15) is 0 Å². The minimum absolute atomic E-state index is 0.369. The summed E-state index contributed by atoms with van der Waals surface area (Å²) in [6.45, 7) is 1.66. The lowest BCUT2D eigenvalue weighted by atomic mass is 10.5. The van der Waals surface area contributed by atoms with Crippen molar-refractivity contribution in [1.82, 2.24) is 0 Å². The van der Waals surface area contributed by atoms with E-state index in [1.807, 2.05) is 5.92 Å². The Morgan fingerprint density at radius 3 is 2.24 bits per heavy atom. The van der Waals surface area contributed by atoms with Gasteiger partial charge < -0.3 is 4.74 Å². The molecule has 0 fully saturated rings. The summed E-state index contributed by atoms with van der Waals surface area (Å²) in [5.74, 6) is -0.252. The van der Waals surface area contributed by atoms with Gasteiger partial charge >= 0.3 is 23.9 Å². The zero-order chi connectivity index (χ0) is 13.3. The summed E-state index contributed by atoms with van der Waals surface area (Å²) >= 11 is 0. The molecule has 88 valence electrons. The fraction of sp³-hybridized carbons (Fsp3) is 0.200. The van der Waals surface area contributed by atoms with Crippen molar-refractivity contribution in [2.45, 2.75) is 13.3 Å². The Labute approximate surface area is 95.9 Å². The second-order valence-corrected chi connectivity index (χ2v) is 2.22. The third-order valence-corrected chi connectivity index (χ3v) is 1.03. The lowest BCUT2D eigenvalue weighted by Gasteiger charge is -1.97. The molecule has 0 aromatic carbocycles. The van der Waals surface area contributed by atoms with Gasteiger partial charge in [-0.25, -0.2) is 29.0 Å². The number of ether oxygens (including phenoxy) is 1. The van der Waals surface area contributed by atoms with Crippen molar-refractivity contribution in [2.75, 3.05) is 0 Å². The van der Waals surface area contributed by atoms with Gasteiger partial charge in [0.05, 0.1) is 0 Å². The molecule has 0 spiro atoms. The number of hydrogen-bond acceptors (Lipinski definition) is 7. The van der Waals surface area contributed by atoms with Gasteiger partial charge in [0.2, 0.25) is 0 Å². The van der Waals surface area contributed by atoms with Crippen LogP contribution in [0.15, 0.2) is 0 Å². The molecule has 7 nitrogen and oxygen atoms in total. The van der Waals surface area contributed by atoms with Crippen LogP contribution in [0.4, 0.5) is 0 Å². The first-order valence-corrected chi connectivity index (χ1v) is 4.15. The van der Waals surface area contributed by atoms with E-state index in [9.17, 15) is 19.2 Å². The van der Waals surface area contributed by atoms with Crippen LogP contribution in [0.3, 0.4) is 0 Å². The van der Waals surface area contributed by atoms with Gasteiger partial charge in [-0.3, -0.25) is 0 Å². The van der Waals surface area contributed by atoms with Crippen molar-refractivity contribution in [3.63, 3.8) is 0 Å². The topological polar surface area (TPSA) is 96.0 Å². The van der Waals surface area contributed by atoms with Gasteiger partial charge in [-0.05, 0) is 0 Å². The lowest BCUT2D eigenvalue weighted by molar-refractivity contribution is -0.254. The molecule has 0 rings (SSSR count). The monoisotopic (exact) mass is 238 g/mol. The lowest BCUT2D eigenvalue weighted by Crippen LogP contribution is -2.24. The summed E-state index contributed by atoms with van der Waals surface area (Å²) in [4.78, 5) is 49.9. The molecule has 0 radical (unpaired) electrons. The van der Waals surface area contributed by atoms with Crippen LogP contribution in [0.5, 0.6) is 0 Å². The normalized spacial score (nSPS) is 7.76. The molecule has 0 heterocycles. The molecule has 0 aliphatic rings. The first-order chi connectivity index (χ1) is 8.01. The predicted molar refractivity (Wildman–Crippen MR) is 50.2 cm³/mol. The Hall–Kier alpha value is -2.80. The number of esters is 2. The maximum atomic E-state index is 10.8. The predicted octanol–water partition coefficient (Wildman–Crippen LogP) is -0.896. The molecule has 0 aliphatic heterocycles. The van der Waals surface area contributed by atoms with Gasteiger partial charge in [0.25, 0.3) is 0 Å². The summed E-state index contributed by atoms with van der Waals surface area (Å²) in [6.07, 6.45) is 4.93. The van der Waals surface area contributed by atoms with Crippen LogP contribution in [0.1, 0.15) is 13.3 Å². The molecule has 7 heteroatoms. The second-order valence-electron chi connectivity index (χ2n) is 2.22. The molecule has 0 saturated heterocycles. The Morgan fingerprint density at radius 1 is 1.06 bits per heavy atom. The van der Waals surface area contributed by atoms with Gasteiger partial charge in [0, 0.05) is 18.3 Å². The van der Waals surface area contributed by atoms with Gasteiger partial charge in [-0.1, -0.05) is 12.8 Å². The van der Waals surface area contributed by atoms with E-state index in [1.54, 1.807) is 6.92 Å². The van der Waals surface area contributed by atoms with E-state index in [0.717, 1.165) is 0 Å². The summed E-state index contributed by atoms with van der Waals surface area (Å²) in [5, 5.41) is 0. The molecular weight excluding hydrogens is 232 g/mol. The van der Waals surface area contributed by atoms with Crippen LogP contribution < -0.4 is 0 Å². The summed E-state index contributed by atoms with van der Waals surface area (Å²) in [6, 6.07) is 0. The van der Waals surface area contributed by atoms with E-state index < -0.39 is 23.9 Å². The maximum Gasteiger partial charge on any atom is 0.463 e. The minimum atomic E-state index is -1.71. The van der Waals surface area contributed by atoms with Crippen LogP contribution >= 0.6 is 0 Å². The quantitative estimate of drug-likeness (QED) is 0.103. The maximum absolute atomic E-state index is 10.8. The highest BCUT2D eigenvalue weighted by Crippen LogP contribution is 1.88. The van der Waals surface area contributed by atoms with Crippen LogP contribution in [-0.4, -0.2) is 23.9 Å². The van der Waals surface area contributed by atoms with Crippen LogP contribution in [0.2, 0.25) is 0 Å². The standard InChI is InChI=1S/C10H6O7/c1-3-5-6-8(12)15-9(13)10(14)17-16-7(11)4-2/h2H,3H2,1H3. The summed E-state index contributed by atoms with van der Waals surface area (Å²) in [5.41, 5.74) is 0. The Morgan fingerprint density at radius 2 is 1.71 bits per heavy atom. The molecule has 0 aromatic heterocycles. The molecule has 0 unspecified atom stereocenters. The van der Waals surface area contributed by atoms with E-state index in [1.165, 1.54) is 5.92 Å². The molecule has 0 aliphatic carbocycles. The zero-order valence-corrected chi connectivity index (χ0v) is 8.64. The third-order valence-electron chi connectivity index (χ3n) is 1.03. The highest BCUT2D eigenvalue weighted by atomic mass is 17.2. The molecule has 0 bridgehead atoms. The van der Waals surface area contributed by atoms with Crippen molar-refractivity contribution in [3.05, 3.63) is 0 Å². The molecule has 0 atom stereocenters. The van der Waals surface area contributed by atoms with E-state index in [4.69, 9.17) is 0 Å². The van der Waals surface area contributed by atoms with Crippen molar-refractivity contribution >= 4 is 23.9 Å². The van der Waals surface area contributed by atoms with Crippen molar-refractivity contribution in [1.29, 1.82) is 0 Å². The Balaban J connectivity index is 4.16. The van der Waals surface area contributed by atoms with Crippen molar-refractivity contribution in [2.24, 2.45) is 0 Å². The first kappa shape index (κ1) is 14.2. The van der Waals surface area contributed by atoms with Gasteiger partial charge in [0.15, 0.2) is 0 Å². The van der Waals surface area contributed by atoms with E-state index in [-0.39, 0.29) is 0 Å². The highest BCUT2D eigenvalue weighted by molar-refractivity contribution is 6.32. The van der Waals surface area contributed by atoms with E-state index >= 15 is 0 Å². The van der Waals surface area contributed by atoms with Gasteiger partial charge in [-0.15, -0.1) is 6.42 Å². The van der Waals surface area contributed by atoms with Crippen LogP contribution in [0, 0.1) is 24.2 Å². The van der Waals surface area contributed by atoms with Gasteiger partial charge in [-0.2, -0.15) is 0 Å². The van der Waals surface area contributed by atoms with Crippen LogP contribution in [-0.2, 0) is 33.7 Å². The largest absolute Gasteiger partial charge is 0.463 e. The number of carbonyl (C=O) groups excluding carboxylic acids is 4. The fourth-order valence-electron chi connectivity index (χ4n) is 0.446. The number of hydrogen-bond donors (Lipinski definition) is 0. The average molecular weight is 238 g/mol. The molecule has 0 amide bonds. The zero-order valence-electron chi connectivity index (χ0n) is 8.64. The summed E-state index contributed by atoms with van der Waals surface area (Å²) in [7, 11) is 0. The molecular formula is C10H6O7. The summed E-state index contributed by atoms with van der Waals surface area (Å²) < 4.78 is 3.91. The van der Waals surface area contributed by atoms with Crippen molar-refractivity contribution < 1.29 is 33.7 Å². The molecule has 0 aromatic rings. The SMILES string of the molecule is C#CC(=O)OOC(=O)C(=O)OC(=O)C#CCC. The third kappa shape index (κ3) is 6.31. The Kier molecular flexibility index (Phi) is 6.25. The average Bonchev–Trinajstić information content (AvgIpc) is 2.32. The number of rotatable bonds is 0. The van der Waals surface area contributed by atoms with Crippen molar-refractivity contribution in [3.8, 4) is 24.2 Å². The molecule has 17 heavy (non-hydrogen) atoms. The smallest absolute Gasteiger partial charge is 0.374 e.